The molecule has 0 fully saturated rings. The quantitative estimate of drug-likeness (QED) is 0.744. The lowest BCUT2D eigenvalue weighted by Crippen LogP contribution is -2.05. The van der Waals surface area contributed by atoms with Crippen LogP contribution in [0.5, 0.6) is 11.5 Å². The van der Waals surface area contributed by atoms with Crippen LogP contribution in [0.2, 0.25) is 0 Å². The molecular formula is C17H14O5. The number of hydrogen-bond acceptors (Lipinski definition) is 5. The Morgan fingerprint density at radius 1 is 0.864 bits per heavy atom. The average molecular weight is 298 g/mol. The molecule has 0 unspecified atom stereocenters. The molecule has 5 nitrogen and oxygen atoms in total. The van der Waals surface area contributed by atoms with Crippen molar-refractivity contribution in [3.8, 4) is 11.5 Å². The molecule has 0 atom stereocenters. The zero-order valence-electron chi connectivity index (χ0n) is 12.2. The Labute approximate surface area is 125 Å². The van der Waals surface area contributed by atoms with Gasteiger partial charge in [0.1, 0.15) is 11.5 Å². The van der Waals surface area contributed by atoms with Crippen molar-refractivity contribution in [1.29, 1.82) is 0 Å². The van der Waals surface area contributed by atoms with Gasteiger partial charge in [-0.2, -0.15) is 0 Å². The molecule has 3 aromatic rings. The van der Waals surface area contributed by atoms with E-state index in [1.54, 1.807) is 36.4 Å². The van der Waals surface area contributed by atoms with Crippen molar-refractivity contribution < 1.29 is 13.9 Å². The lowest BCUT2D eigenvalue weighted by Gasteiger charge is -2.04. The van der Waals surface area contributed by atoms with Gasteiger partial charge in [-0.05, 0) is 54.1 Å². The van der Waals surface area contributed by atoms with Gasteiger partial charge in [-0.1, -0.05) is 0 Å². The van der Waals surface area contributed by atoms with Crippen molar-refractivity contribution in [2.24, 2.45) is 0 Å². The molecule has 0 saturated carbocycles. The van der Waals surface area contributed by atoms with E-state index >= 15 is 0 Å². The Hall–Kier alpha value is -2.82. The summed E-state index contributed by atoms with van der Waals surface area (Å²) in [6, 6.07) is 10.2. The van der Waals surface area contributed by atoms with Gasteiger partial charge in [0, 0.05) is 0 Å². The summed E-state index contributed by atoms with van der Waals surface area (Å²) in [4.78, 5) is 24.3. The summed E-state index contributed by atoms with van der Waals surface area (Å²) in [6.45, 7) is 2.34. The van der Waals surface area contributed by atoms with Crippen LogP contribution in [0.1, 0.15) is 6.92 Å². The van der Waals surface area contributed by atoms with E-state index in [1.807, 2.05) is 6.92 Å². The van der Waals surface area contributed by atoms with Gasteiger partial charge in [0.25, 0.3) is 0 Å². The number of ether oxygens (including phenoxy) is 2. The highest BCUT2D eigenvalue weighted by atomic mass is 16.5. The molecule has 0 aliphatic rings. The number of fused-ring (bicyclic) bond motifs is 3. The summed E-state index contributed by atoms with van der Waals surface area (Å²) in [6.07, 6.45) is 0. The maximum Gasteiger partial charge on any atom is 0.346 e. The van der Waals surface area contributed by atoms with Gasteiger partial charge in [-0.25, -0.2) is 9.59 Å². The first-order chi connectivity index (χ1) is 10.6. The number of benzene rings is 2. The summed E-state index contributed by atoms with van der Waals surface area (Å²) in [5, 5.41) is 1.88. The largest absolute Gasteiger partial charge is 0.497 e. The van der Waals surface area contributed by atoms with Gasteiger partial charge in [-0.15, -0.1) is 0 Å². The Balaban J connectivity index is 2.50. The maximum absolute atomic E-state index is 12.2. The van der Waals surface area contributed by atoms with E-state index in [4.69, 9.17) is 13.9 Å². The second-order valence-corrected chi connectivity index (χ2v) is 4.73. The van der Waals surface area contributed by atoms with Crippen molar-refractivity contribution in [3.63, 3.8) is 0 Å². The second kappa shape index (κ2) is 5.52. The molecule has 0 bridgehead atoms. The zero-order chi connectivity index (χ0) is 15.7. The average Bonchev–Trinajstić information content (AvgIpc) is 2.63. The molecule has 3 rings (SSSR count). The van der Waals surface area contributed by atoms with Crippen LogP contribution in [0, 0.1) is 0 Å². The van der Waals surface area contributed by atoms with Crippen LogP contribution in [-0.4, -0.2) is 13.7 Å². The first kappa shape index (κ1) is 14.1. The maximum atomic E-state index is 12.2. The Bertz CT molecular complexity index is 972. The third kappa shape index (κ3) is 2.30. The van der Waals surface area contributed by atoms with Crippen molar-refractivity contribution in [2.45, 2.75) is 6.92 Å². The van der Waals surface area contributed by atoms with Crippen LogP contribution in [0.25, 0.3) is 21.5 Å². The van der Waals surface area contributed by atoms with E-state index < -0.39 is 11.3 Å². The highest BCUT2D eigenvalue weighted by Crippen LogP contribution is 2.26. The van der Waals surface area contributed by atoms with Gasteiger partial charge in [0.05, 0.1) is 24.5 Å². The molecule has 0 aliphatic heterocycles. The minimum Gasteiger partial charge on any atom is -0.497 e. The van der Waals surface area contributed by atoms with E-state index in [0.717, 1.165) is 0 Å². The van der Waals surface area contributed by atoms with Crippen LogP contribution < -0.4 is 20.7 Å². The summed E-state index contributed by atoms with van der Waals surface area (Å²) in [7, 11) is 1.51. The van der Waals surface area contributed by atoms with Crippen LogP contribution in [0.4, 0.5) is 0 Å². The summed E-state index contributed by atoms with van der Waals surface area (Å²) in [5.74, 6) is 1.08. The van der Waals surface area contributed by atoms with E-state index in [1.165, 1.54) is 7.11 Å². The normalized spacial score (nSPS) is 10.8. The molecule has 1 heterocycles. The molecule has 0 aliphatic carbocycles. The topological polar surface area (TPSA) is 65.7 Å². The molecule has 0 amide bonds. The monoisotopic (exact) mass is 298 g/mol. The van der Waals surface area contributed by atoms with Crippen LogP contribution in [0.3, 0.4) is 0 Å². The summed E-state index contributed by atoms with van der Waals surface area (Å²) < 4.78 is 15.4. The lowest BCUT2D eigenvalue weighted by molar-refractivity contribution is 0.340. The molecule has 1 aromatic heterocycles. The van der Waals surface area contributed by atoms with E-state index in [9.17, 15) is 9.59 Å². The number of hydrogen-bond donors (Lipinski definition) is 0. The predicted molar refractivity (Wildman–Crippen MR) is 84.0 cm³/mol. The van der Waals surface area contributed by atoms with Crippen LogP contribution in [0.15, 0.2) is 50.4 Å². The lowest BCUT2D eigenvalue weighted by atomic mass is 10.1. The van der Waals surface area contributed by atoms with Gasteiger partial charge >= 0.3 is 11.3 Å². The fourth-order valence-corrected chi connectivity index (χ4v) is 2.43. The summed E-state index contributed by atoms with van der Waals surface area (Å²) >= 11 is 0. The zero-order valence-corrected chi connectivity index (χ0v) is 12.2. The van der Waals surface area contributed by atoms with Crippen molar-refractivity contribution in [2.75, 3.05) is 13.7 Å². The van der Waals surface area contributed by atoms with Gasteiger partial charge < -0.3 is 13.9 Å². The molecule has 0 N–H and O–H groups in total. The molecule has 0 radical (unpaired) electrons. The highest BCUT2D eigenvalue weighted by molar-refractivity contribution is 6.05. The third-order valence-corrected chi connectivity index (χ3v) is 3.44. The Morgan fingerprint density at radius 3 is 1.95 bits per heavy atom. The third-order valence-electron chi connectivity index (χ3n) is 3.44. The standard InChI is InChI=1S/C17H14O5/c1-3-21-11-5-7-13-12-6-4-10(20-2)8-14(12)16(18)22-17(19)15(13)9-11/h4-9H,3H2,1-2H3. The molecule has 5 heteroatoms. The molecule has 22 heavy (non-hydrogen) atoms. The molecule has 2 aromatic carbocycles. The van der Waals surface area contributed by atoms with Crippen LogP contribution >= 0.6 is 0 Å². The van der Waals surface area contributed by atoms with Crippen molar-refractivity contribution in [3.05, 3.63) is 57.2 Å². The molecular weight excluding hydrogens is 284 g/mol. The van der Waals surface area contributed by atoms with E-state index in [-0.39, 0.29) is 0 Å². The first-order valence-corrected chi connectivity index (χ1v) is 6.85. The number of methoxy groups -OCH3 is 1. The first-order valence-electron chi connectivity index (χ1n) is 6.85. The Kier molecular flexibility index (Phi) is 3.55. The smallest absolute Gasteiger partial charge is 0.346 e. The summed E-state index contributed by atoms with van der Waals surface area (Å²) in [5.41, 5.74) is -1.37. The fraction of sp³-hybridized carbons (Fsp3) is 0.176. The minimum absolute atomic E-state index is 0.301. The SMILES string of the molecule is CCOc1ccc2c(c1)c(=O)oc(=O)c1cc(OC)ccc12. The van der Waals surface area contributed by atoms with Crippen molar-refractivity contribution >= 4 is 21.5 Å². The van der Waals surface area contributed by atoms with E-state index in [2.05, 4.69) is 0 Å². The van der Waals surface area contributed by atoms with Gasteiger partial charge in [0.2, 0.25) is 0 Å². The molecule has 0 spiro atoms. The molecule has 112 valence electrons. The van der Waals surface area contributed by atoms with E-state index in [0.29, 0.717) is 39.7 Å². The van der Waals surface area contributed by atoms with Crippen LogP contribution in [-0.2, 0) is 0 Å². The fourth-order valence-electron chi connectivity index (χ4n) is 2.43. The highest BCUT2D eigenvalue weighted by Gasteiger charge is 2.10. The predicted octanol–water partition coefficient (Wildman–Crippen LogP) is 2.71. The van der Waals surface area contributed by atoms with Gasteiger partial charge in [-0.3, -0.25) is 0 Å². The minimum atomic E-state index is -0.687. The second-order valence-electron chi connectivity index (χ2n) is 4.73. The molecule has 0 saturated heterocycles. The van der Waals surface area contributed by atoms with Gasteiger partial charge in [0.15, 0.2) is 0 Å². The van der Waals surface area contributed by atoms with Crippen molar-refractivity contribution in [1.82, 2.24) is 0 Å². The Morgan fingerprint density at radius 2 is 1.41 bits per heavy atom. The number of rotatable bonds is 3.